The maximum atomic E-state index is 13.5. The van der Waals surface area contributed by atoms with Crippen LogP contribution in [-0.2, 0) is 4.74 Å². The van der Waals surface area contributed by atoms with Gasteiger partial charge in [-0.05, 0) is 19.2 Å². The molecule has 3 N–H and O–H groups in total. The van der Waals surface area contributed by atoms with Gasteiger partial charge >= 0.3 is 0 Å². The first kappa shape index (κ1) is 13.0. The van der Waals surface area contributed by atoms with Crippen molar-refractivity contribution in [1.29, 1.82) is 0 Å². The molecular weight excluding hydrogens is 240 g/mol. The lowest BCUT2D eigenvalue weighted by Crippen LogP contribution is -2.43. The molecule has 0 aromatic heterocycles. The fourth-order valence-electron chi connectivity index (χ4n) is 1.97. The van der Waals surface area contributed by atoms with Gasteiger partial charge in [0.2, 0.25) is 0 Å². The van der Waals surface area contributed by atoms with Crippen molar-refractivity contribution in [2.45, 2.75) is 6.10 Å². The molecule has 0 amide bonds. The monoisotopic (exact) mass is 257 g/mol. The number of hydrogen-bond acceptors (Lipinski definition) is 4. The lowest BCUT2D eigenvalue weighted by atomic mass is 10.2. The molecule has 6 heteroatoms. The van der Waals surface area contributed by atoms with Gasteiger partial charge in [-0.15, -0.1) is 0 Å². The third kappa shape index (κ3) is 3.08. The summed E-state index contributed by atoms with van der Waals surface area (Å²) in [5, 5.41) is 2.74. The van der Waals surface area contributed by atoms with Crippen LogP contribution in [0.5, 0.6) is 0 Å². The summed E-state index contributed by atoms with van der Waals surface area (Å²) in [6.45, 7) is 2.62. The third-order valence-corrected chi connectivity index (χ3v) is 2.91. The van der Waals surface area contributed by atoms with Crippen molar-refractivity contribution in [1.82, 2.24) is 4.90 Å². The number of morpholine rings is 1. The van der Waals surface area contributed by atoms with Crippen molar-refractivity contribution in [2.24, 2.45) is 0 Å². The Bertz CT molecular complexity index is 405. The normalized spacial score (nSPS) is 20.9. The Balaban J connectivity index is 1.97. The van der Waals surface area contributed by atoms with Crippen molar-refractivity contribution in [3.05, 3.63) is 23.8 Å². The largest absolute Gasteiger partial charge is 0.399 e. The van der Waals surface area contributed by atoms with Crippen molar-refractivity contribution in [3.63, 3.8) is 0 Å². The van der Waals surface area contributed by atoms with Crippen LogP contribution in [0, 0.1) is 11.6 Å². The summed E-state index contributed by atoms with van der Waals surface area (Å²) in [6, 6.07) is 2.19. The molecule has 4 nitrogen and oxygen atoms in total. The Labute approximate surface area is 105 Å². The van der Waals surface area contributed by atoms with Crippen molar-refractivity contribution in [2.75, 3.05) is 44.3 Å². The van der Waals surface area contributed by atoms with Gasteiger partial charge in [-0.1, -0.05) is 0 Å². The van der Waals surface area contributed by atoms with Gasteiger partial charge in [-0.2, -0.15) is 0 Å². The number of halogens is 2. The molecule has 0 bridgehead atoms. The number of benzene rings is 1. The molecule has 0 saturated carbocycles. The number of likely N-dealkylation sites (N-methyl/N-ethyl adjacent to an activating group) is 1. The number of nitrogens with one attached hydrogen (secondary N) is 1. The van der Waals surface area contributed by atoms with Crippen molar-refractivity contribution < 1.29 is 13.5 Å². The Morgan fingerprint density at radius 2 is 2.11 bits per heavy atom. The van der Waals surface area contributed by atoms with Crippen LogP contribution in [0.1, 0.15) is 0 Å². The van der Waals surface area contributed by atoms with E-state index in [2.05, 4.69) is 10.2 Å². The summed E-state index contributed by atoms with van der Waals surface area (Å²) < 4.78 is 32.5. The van der Waals surface area contributed by atoms with E-state index in [0.717, 1.165) is 25.2 Å². The molecule has 1 unspecified atom stereocenters. The van der Waals surface area contributed by atoms with Crippen LogP contribution in [0.15, 0.2) is 12.1 Å². The third-order valence-electron chi connectivity index (χ3n) is 2.91. The van der Waals surface area contributed by atoms with Gasteiger partial charge < -0.3 is 20.7 Å². The van der Waals surface area contributed by atoms with Crippen LogP contribution in [0.2, 0.25) is 0 Å². The van der Waals surface area contributed by atoms with Gasteiger partial charge in [0, 0.05) is 25.3 Å². The molecule has 0 aliphatic carbocycles. The quantitative estimate of drug-likeness (QED) is 0.801. The minimum atomic E-state index is -0.684. The SMILES string of the molecule is CN1CCOC(CNc2c(F)cc(N)cc2F)C1. The lowest BCUT2D eigenvalue weighted by Gasteiger charge is -2.30. The van der Waals surface area contributed by atoms with Gasteiger partial charge in [-0.3, -0.25) is 0 Å². The number of rotatable bonds is 3. The summed E-state index contributed by atoms with van der Waals surface area (Å²) in [6.07, 6.45) is -0.0693. The molecule has 18 heavy (non-hydrogen) atoms. The van der Waals surface area contributed by atoms with Crippen LogP contribution in [0.25, 0.3) is 0 Å². The molecule has 1 aromatic rings. The number of ether oxygens (including phenoxy) is 1. The van der Waals surface area contributed by atoms with Crippen LogP contribution in [-0.4, -0.2) is 44.3 Å². The summed E-state index contributed by atoms with van der Waals surface area (Å²) >= 11 is 0. The zero-order valence-electron chi connectivity index (χ0n) is 10.2. The Hall–Kier alpha value is -1.40. The highest BCUT2D eigenvalue weighted by Gasteiger charge is 2.18. The molecule has 1 fully saturated rings. The van der Waals surface area contributed by atoms with E-state index in [-0.39, 0.29) is 17.5 Å². The molecule has 2 rings (SSSR count). The van der Waals surface area contributed by atoms with Crippen LogP contribution < -0.4 is 11.1 Å². The van der Waals surface area contributed by atoms with E-state index in [0.29, 0.717) is 13.2 Å². The predicted octanol–water partition coefficient (Wildman–Crippen LogP) is 1.29. The topological polar surface area (TPSA) is 50.5 Å². The second kappa shape index (κ2) is 5.49. The molecule has 0 spiro atoms. The number of hydrogen-bond donors (Lipinski definition) is 2. The number of nitrogens with zero attached hydrogens (tertiary/aromatic N) is 1. The first-order valence-corrected chi connectivity index (χ1v) is 5.85. The smallest absolute Gasteiger partial charge is 0.151 e. The van der Waals surface area contributed by atoms with E-state index in [4.69, 9.17) is 10.5 Å². The molecule has 1 heterocycles. The molecule has 100 valence electrons. The summed E-state index contributed by atoms with van der Waals surface area (Å²) in [5.41, 5.74) is 5.27. The van der Waals surface area contributed by atoms with Gasteiger partial charge in [0.15, 0.2) is 11.6 Å². The summed E-state index contributed by atoms with van der Waals surface area (Å²) in [4.78, 5) is 2.12. The molecule has 1 aliphatic rings. The first-order chi connectivity index (χ1) is 8.56. The highest BCUT2D eigenvalue weighted by molar-refractivity contribution is 5.54. The zero-order valence-corrected chi connectivity index (χ0v) is 10.2. The van der Waals surface area contributed by atoms with Crippen molar-refractivity contribution in [3.8, 4) is 0 Å². The van der Waals surface area contributed by atoms with E-state index in [1.54, 1.807) is 0 Å². The first-order valence-electron chi connectivity index (χ1n) is 5.85. The number of anilines is 2. The molecule has 0 radical (unpaired) electrons. The maximum Gasteiger partial charge on any atom is 0.151 e. The van der Waals surface area contributed by atoms with E-state index < -0.39 is 11.6 Å². The minimum Gasteiger partial charge on any atom is -0.399 e. The van der Waals surface area contributed by atoms with Gasteiger partial charge in [0.25, 0.3) is 0 Å². The highest BCUT2D eigenvalue weighted by atomic mass is 19.1. The van der Waals surface area contributed by atoms with Crippen LogP contribution in [0.3, 0.4) is 0 Å². The fraction of sp³-hybridized carbons (Fsp3) is 0.500. The number of nitrogens with two attached hydrogens (primary N) is 1. The Kier molecular flexibility index (Phi) is 3.98. The predicted molar refractivity (Wildman–Crippen MR) is 66.5 cm³/mol. The van der Waals surface area contributed by atoms with Crippen LogP contribution >= 0.6 is 0 Å². The Morgan fingerprint density at radius 1 is 1.44 bits per heavy atom. The summed E-state index contributed by atoms with van der Waals surface area (Å²) in [7, 11) is 1.99. The maximum absolute atomic E-state index is 13.5. The molecular formula is C12H17F2N3O. The molecule has 1 saturated heterocycles. The summed E-state index contributed by atoms with van der Waals surface area (Å²) in [5.74, 6) is -1.37. The fourth-order valence-corrected chi connectivity index (χ4v) is 1.97. The van der Waals surface area contributed by atoms with E-state index in [1.807, 2.05) is 7.05 Å². The minimum absolute atomic E-state index is 0.0693. The van der Waals surface area contributed by atoms with Gasteiger partial charge in [-0.25, -0.2) is 8.78 Å². The molecule has 1 aliphatic heterocycles. The second-order valence-electron chi connectivity index (χ2n) is 4.50. The van der Waals surface area contributed by atoms with Crippen LogP contribution in [0.4, 0.5) is 20.2 Å². The standard InChI is InChI=1S/C12H17F2N3O/c1-17-2-3-18-9(7-17)6-16-12-10(13)4-8(15)5-11(12)14/h4-5,9,16H,2-3,6-7,15H2,1H3. The average molecular weight is 257 g/mol. The molecule has 1 aromatic carbocycles. The average Bonchev–Trinajstić information content (AvgIpc) is 2.27. The Morgan fingerprint density at radius 3 is 2.72 bits per heavy atom. The van der Waals surface area contributed by atoms with E-state index >= 15 is 0 Å². The second-order valence-corrected chi connectivity index (χ2v) is 4.50. The van der Waals surface area contributed by atoms with E-state index in [1.165, 1.54) is 0 Å². The van der Waals surface area contributed by atoms with Gasteiger partial charge in [0.1, 0.15) is 5.69 Å². The van der Waals surface area contributed by atoms with Crippen molar-refractivity contribution >= 4 is 11.4 Å². The van der Waals surface area contributed by atoms with Gasteiger partial charge in [0.05, 0.1) is 12.7 Å². The lowest BCUT2D eigenvalue weighted by molar-refractivity contribution is -0.0117. The molecule has 1 atom stereocenters. The highest BCUT2D eigenvalue weighted by Crippen LogP contribution is 2.22. The zero-order chi connectivity index (χ0) is 13.1. The number of nitrogen functional groups attached to an aromatic ring is 1. The van der Waals surface area contributed by atoms with E-state index in [9.17, 15) is 8.78 Å².